The molecule has 0 amide bonds. The standard InChI is InChI=1S/C9H12BrNO2/c1-2-3-4-13-7-5-8(10)11-9(12)6-7/h5-6H,2-4H2,1H3,(H,11,12). The summed E-state index contributed by atoms with van der Waals surface area (Å²) in [6.07, 6.45) is 2.11. The van der Waals surface area contributed by atoms with Gasteiger partial charge in [-0.05, 0) is 22.4 Å². The third kappa shape index (κ3) is 3.63. The minimum atomic E-state index is -0.0270. The van der Waals surface area contributed by atoms with Gasteiger partial charge in [-0.25, -0.2) is 4.98 Å². The molecule has 0 unspecified atom stereocenters. The Morgan fingerprint density at radius 1 is 1.54 bits per heavy atom. The van der Waals surface area contributed by atoms with E-state index in [1.165, 1.54) is 6.07 Å². The quantitative estimate of drug-likeness (QED) is 0.656. The van der Waals surface area contributed by atoms with Gasteiger partial charge in [-0.2, -0.15) is 0 Å². The Hall–Kier alpha value is -0.770. The molecule has 1 heterocycles. The molecule has 1 aromatic heterocycles. The fraction of sp³-hybridized carbons (Fsp3) is 0.444. The fourth-order valence-electron chi connectivity index (χ4n) is 0.878. The lowest BCUT2D eigenvalue weighted by Crippen LogP contribution is -1.96. The van der Waals surface area contributed by atoms with Crippen LogP contribution in [0.4, 0.5) is 0 Å². The average molecular weight is 246 g/mol. The van der Waals surface area contributed by atoms with Crippen molar-refractivity contribution in [2.75, 3.05) is 6.61 Å². The van der Waals surface area contributed by atoms with Gasteiger partial charge in [0.15, 0.2) is 0 Å². The molecule has 3 nitrogen and oxygen atoms in total. The van der Waals surface area contributed by atoms with Gasteiger partial charge in [0, 0.05) is 12.1 Å². The van der Waals surface area contributed by atoms with Crippen molar-refractivity contribution in [3.63, 3.8) is 0 Å². The molecule has 0 bridgehead atoms. The number of unbranched alkanes of at least 4 members (excludes halogenated alkanes) is 1. The highest BCUT2D eigenvalue weighted by Crippen LogP contribution is 2.21. The first kappa shape index (κ1) is 10.3. The molecule has 72 valence electrons. The zero-order valence-electron chi connectivity index (χ0n) is 7.46. The van der Waals surface area contributed by atoms with Crippen LogP contribution < -0.4 is 4.74 Å². The second kappa shape index (κ2) is 5.07. The Morgan fingerprint density at radius 2 is 2.31 bits per heavy atom. The van der Waals surface area contributed by atoms with Crippen molar-refractivity contribution in [1.29, 1.82) is 0 Å². The number of halogens is 1. The minimum absolute atomic E-state index is 0.0270. The number of aromatic nitrogens is 1. The fourth-order valence-corrected chi connectivity index (χ4v) is 1.29. The largest absolute Gasteiger partial charge is 0.493 e. The minimum Gasteiger partial charge on any atom is -0.493 e. The van der Waals surface area contributed by atoms with Crippen LogP contribution in [0.15, 0.2) is 16.7 Å². The van der Waals surface area contributed by atoms with E-state index in [0.717, 1.165) is 12.8 Å². The van der Waals surface area contributed by atoms with Crippen molar-refractivity contribution in [1.82, 2.24) is 4.98 Å². The molecule has 4 heteroatoms. The van der Waals surface area contributed by atoms with Crippen LogP contribution in [-0.2, 0) is 0 Å². The van der Waals surface area contributed by atoms with Gasteiger partial charge in [-0.15, -0.1) is 0 Å². The van der Waals surface area contributed by atoms with Gasteiger partial charge in [-0.3, -0.25) is 0 Å². The summed E-state index contributed by atoms with van der Waals surface area (Å²) in [4.78, 5) is 3.75. The van der Waals surface area contributed by atoms with Gasteiger partial charge in [0.05, 0.1) is 6.61 Å². The topological polar surface area (TPSA) is 42.4 Å². The summed E-state index contributed by atoms with van der Waals surface area (Å²) in [5, 5.41) is 9.13. The number of rotatable bonds is 4. The number of hydrogen-bond acceptors (Lipinski definition) is 3. The van der Waals surface area contributed by atoms with Crippen molar-refractivity contribution < 1.29 is 9.84 Å². The summed E-state index contributed by atoms with van der Waals surface area (Å²) in [7, 11) is 0. The predicted molar refractivity (Wildman–Crippen MR) is 54.0 cm³/mol. The summed E-state index contributed by atoms with van der Waals surface area (Å²) < 4.78 is 5.96. The highest BCUT2D eigenvalue weighted by Gasteiger charge is 1.99. The van der Waals surface area contributed by atoms with Crippen LogP contribution in [0.5, 0.6) is 11.6 Å². The van der Waals surface area contributed by atoms with E-state index in [4.69, 9.17) is 9.84 Å². The molecule has 1 rings (SSSR count). The third-order valence-corrected chi connectivity index (χ3v) is 1.93. The van der Waals surface area contributed by atoms with Crippen molar-refractivity contribution >= 4 is 15.9 Å². The molecular formula is C9H12BrNO2. The monoisotopic (exact) mass is 245 g/mol. The molecule has 0 saturated carbocycles. The molecule has 0 saturated heterocycles. The van der Waals surface area contributed by atoms with E-state index in [0.29, 0.717) is 17.0 Å². The summed E-state index contributed by atoms with van der Waals surface area (Å²) in [6.45, 7) is 2.77. The lowest BCUT2D eigenvalue weighted by molar-refractivity contribution is 0.306. The van der Waals surface area contributed by atoms with E-state index in [9.17, 15) is 0 Å². The van der Waals surface area contributed by atoms with Crippen molar-refractivity contribution in [3.8, 4) is 11.6 Å². The van der Waals surface area contributed by atoms with Crippen LogP contribution >= 0.6 is 15.9 Å². The van der Waals surface area contributed by atoms with Crippen LogP contribution in [0.1, 0.15) is 19.8 Å². The summed E-state index contributed by atoms with van der Waals surface area (Å²) in [6, 6.07) is 3.23. The average Bonchev–Trinajstić information content (AvgIpc) is 2.03. The Labute approximate surface area is 85.9 Å². The highest BCUT2D eigenvalue weighted by molar-refractivity contribution is 9.10. The van der Waals surface area contributed by atoms with Gasteiger partial charge in [0.25, 0.3) is 0 Å². The molecule has 1 N–H and O–H groups in total. The molecule has 0 spiro atoms. The maximum absolute atomic E-state index is 9.13. The molecule has 13 heavy (non-hydrogen) atoms. The molecule has 0 aliphatic carbocycles. The maximum Gasteiger partial charge on any atom is 0.215 e. The number of nitrogens with zero attached hydrogens (tertiary/aromatic N) is 1. The number of aromatic hydroxyl groups is 1. The maximum atomic E-state index is 9.13. The van der Waals surface area contributed by atoms with E-state index in [1.54, 1.807) is 6.07 Å². The lowest BCUT2D eigenvalue weighted by atomic mass is 10.3. The lowest BCUT2D eigenvalue weighted by Gasteiger charge is -2.05. The molecule has 1 aromatic rings. The second-order valence-electron chi connectivity index (χ2n) is 2.69. The summed E-state index contributed by atoms with van der Waals surface area (Å²) >= 11 is 3.17. The normalized spacial score (nSPS) is 10.0. The zero-order valence-corrected chi connectivity index (χ0v) is 9.04. The van der Waals surface area contributed by atoms with Gasteiger partial charge in [0.1, 0.15) is 10.4 Å². The van der Waals surface area contributed by atoms with Gasteiger partial charge in [0.2, 0.25) is 5.88 Å². The van der Waals surface area contributed by atoms with Gasteiger partial charge < -0.3 is 9.84 Å². The van der Waals surface area contributed by atoms with Crippen molar-refractivity contribution in [2.45, 2.75) is 19.8 Å². The summed E-state index contributed by atoms with van der Waals surface area (Å²) in [5.41, 5.74) is 0. The van der Waals surface area contributed by atoms with E-state index in [2.05, 4.69) is 27.8 Å². The Kier molecular flexibility index (Phi) is 4.02. The van der Waals surface area contributed by atoms with Crippen LogP contribution in [0.25, 0.3) is 0 Å². The molecule has 0 aliphatic rings. The molecular weight excluding hydrogens is 234 g/mol. The smallest absolute Gasteiger partial charge is 0.215 e. The first-order valence-corrected chi connectivity index (χ1v) is 5.01. The van der Waals surface area contributed by atoms with Gasteiger partial charge in [-0.1, -0.05) is 13.3 Å². The Bertz CT molecular complexity index is 258. The first-order chi connectivity index (χ1) is 6.22. The second-order valence-corrected chi connectivity index (χ2v) is 3.50. The molecule has 0 aromatic carbocycles. The predicted octanol–water partition coefficient (Wildman–Crippen LogP) is 2.73. The first-order valence-electron chi connectivity index (χ1n) is 4.21. The van der Waals surface area contributed by atoms with Crippen molar-refractivity contribution in [3.05, 3.63) is 16.7 Å². The van der Waals surface area contributed by atoms with Crippen LogP contribution in [-0.4, -0.2) is 16.7 Å². The van der Waals surface area contributed by atoms with E-state index in [-0.39, 0.29) is 5.88 Å². The van der Waals surface area contributed by atoms with Crippen LogP contribution in [0.3, 0.4) is 0 Å². The Balaban J connectivity index is 2.56. The summed E-state index contributed by atoms with van der Waals surface area (Å²) in [5.74, 6) is 0.619. The van der Waals surface area contributed by atoms with E-state index >= 15 is 0 Å². The van der Waals surface area contributed by atoms with Crippen LogP contribution in [0, 0.1) is 0 Å². The molecule has 0 atom stereocenters. The Morgan fingerprint density at radius 3 is 2.92 bits per heavy atom. The molecule has 0 radical (unpaired) electrons. The number of ether oxygens (including phenoxy) is 1. The zero-order chi connectivity index (χ0) is 9.68. The number of pyridine rings is 1. The molecule has 0 aliphatic heterocycles. The molecule has 0 fully saturated rings. The van der Waals surface area contributed by atoms with Crippen molar-refractivity contribution in [2.24, 2.45) is 0 Å². The number of hydrogen-bond donors (Lipinski definition) is 1. The van der Waals surface area contributed by atoms with E-state index < -0.39 is 0 Å². The highest BCUT2D eigenvalue weighted by atomic mass is 79.9. The third-order valence-electron chi connectivity index (χ3n) is 1.52. The van der Waals surface area contributed by atoms with Crippen LogP contribution in [0.2, 0.25) is 0 Å². The van der Waals surface area contributed by atoms with Gasteiger partial charge >= 0.3 is 0 Å². The van der Waals surface area contributed by atoms with E-state index in [1.807, 2.05) is 0 Å². The SMILES string of the molecule is CCCCOc1cc(O)nc(Br)c1.